The van der Waals surface area contributed by atoms with Crippen molar-refractivity contribution in [3.8, 4) is 17.2 Å². The van der Waals surface area contributed by atoms with E-state index in [4.69, 9.17) is 14.2 Å². The van der Waals surface area contributed by atoms with Crippen LogP contribution in [0.2, 0.25) is 0 Å². The monoisotopic (exact) mass is 392 g/mol. The number of rotatable bonds is 6. The molecule has 2 aromatic rings. The number of piperazine rings is 1. The van der Waals surface area contributed by atoms with E-state index in [1.54, 1.807) is 19.2 Å². The van der Waals surface area contributed by atoms with Crippen LogP contribution in [0.3, 0.4) is 0 Å². The molecule has 3 rings (SSSR count). The van der Waals surface area contributed by atoms with E-state index in [1.807, 2.05) is 24.3 Å². The maximum atomic E-state index is 13.0. The Balaban J connectivity index is 1.72. The largest absolute Gasteiger partial charge is 0.497 e. The summed E-state index contributed by atoms with van der Waals surface area (Å²) in [5.41, 5.74) is 1.05. The molecule has 0 aromatic heterocycles. The minimum absolute atomic E-state index is 0.207. The van der Waals surface area contributed by atoms with Crippen molar-refractivity contribution < 1.29 is 22.6 Å². The van der Waals surface area contributed by atoms with Gasteiger partial charge in [-0.3, -0.25) is 0 Å². The van der Waals surface area contributed by atoms with Crippen molar-refractivity contribution in [3.05, 3.63) is 42.5 Å². The van der Waals surface area contributed by atoms with Gasteiger partial charge in [-0.25, -0.2) is 8.42 Å². The minimum atomic E-state index is -3.58. The van der Waals surface area contributed by atoms with E-state index < -0.39 is 10.0 Å². The molecule has 1 fully saturated rings. The van der Waals surface area contributed by atoms with E-state index in [-0.39, 0.29) is 4.90 Å². The lowest BCUT2D eigenvalue weighted by atomic mass is 10.2. The molecule has 0 spiro atoms. The van der Waals surface area contributed by atoms with Gasteiger partial charge < -0.3 is 19.1 Å². The molecule has 1 aliphatic rings. The van der Waals surface area contributed by atoms with E-state index in [9.17, 15) is 8.42 Å². The molecule has 1 heterocycles. The van der Waals surface area contributed by atoms with Crippen molar-refractivity contribution in [2.75, 3.05) is 52.4 Å². The second-order valence-corrected chi connectivity index (χ2v) is 8.04. The van der Waals surface area contributed by atoms with Gasteiger partial charge in [0.05, 0.1) is 26.2 Å². The van der Waals surface area contributed by atoms with E-state index >= 15 is 0 Å². The fourth-order valence-electron chi connectivity index (χ4n) is 3.11. The van der Waals surface area contributed by atoms with Crippen LogP contribution in [0.15, 0.2) is 47.4 Å². The van der Waals surface area contributed by atoms with Gasteiger partial charge in [0.2, 0.25) is 10.0 Å². The van der Waals surface area contributed by atoms with Crippen molar-refractivity contribution in [2.45, 2.75) is 4.90 Å². The predicted molar refractivity (Wildman–Crippen MR) is 104 cm³/mol. The van der Waals surface area contributed by atoms with Gasteiger partial charge in [0.1, 0.15) is 5.75 Å². The number of sulfonamides is 1. The highest BCUT2D eigenvalue weighted by atomic mass is 32.2. The molecule has 0 N–H and O–H groups in total. The Kier molecular flexibility index (Phi) is 5.76. The van der Waals surface area contributed by atoms with Crippen LogP contribution in [0.25, 0.3) is 0 Å². The molecule has 0 saturated carbocycles. The standard InChI is InChI=1S/C19H24N2O5S/c1-24-16-6-4-15(5-7-16)20-10-12-21(13-11-20)27(22,23)17-8-9-18(25-2)19(14-17)26-3/h4-9,14H,10-13H2,1-3H3. The zero-order valence-electron chi connectivity index (χ0n) is 15.7. The van der Waals surface area contributed by atoms with Crippen LogP contribution >= 0.6 is 0 Å². The van der Waals surface area contributed by atoms with Crippen LogP contribution in [0.1, 0.15) is 0 Å². The van der Waals surface area contributed by atoms with Gasteiger partial charge in [0, 0.05) is 37.9 Å². The topological polar surface area (TPSA) is 68.3 Å². The molecule has 146 valence electrons. The molecule has 0 unspecified atom stereocenters. The van der Waals surface area contributed by atoms with Gasteiger partial charge in [-0.05, 0) is 36.4 Å². The third-order valence-corrected chi connectivity index (χ3v) is 6.56. The lowest BCUT2D eigenvalue weighted by molar-refractivity contribution is 0.353. The summed E-state index contributed by atoms with van der Waals surface area (Å²) in [5, 5.41) is 0. The van der Waals surface area contributed by atoms with Crippen LogP contribution in [0.4, 0.5) is 5.69 Å². The minimum Gasteiger partial charge on any atom is -0.497 e. The second-order valence-electron chi connectivity index (χ2n) is 6.11. The Labute approximate surface area is 160 Å². The molecule has 2 aromatic carbocycles. The van der Waals surface area contributed by atoms with Crippen molar-refractivity contribution in [3.63, 3.8) is 0 Å². The zero-order valence-corrected chi connectivity index (χ0v) is 16.5. The number of hydrogen-bond acceptors (Lipinski definition) is 6. The number of methoxy groups -OCH3 is 3. The molecular weight excluding hydrogens is 368 g/mol. The first-order valence-corrected chi connectivity index (χ1v) is 10.0. The van der Waals surface area contributed by atoms with Gasteiger partial charge in [-0.2, -0.15) is 4.31 Å². The van der Waals surface area contributed by atoms with Crippen molar-refractivity contribution in [2.24, 2.45) is 0 Å². The number of anilines is 1. The van der Waals surface area contributed by atoms with E-state index in [2.05, 4.69) is 4.90 Å². The lowest BCUT2D eigenvalue weighted by Crippen LogP contribution is -2.48. The van der Waals surface area contributed by atoms with Gasteiger partial charge in [0.15, 0.2) is 11.5 Å². The molecule has 1 saturated heterocycles. The highest BCUT2D eigenvalue weighted by molar-refractivity contribution is 7.89. The number of hydrogen-bond donors (Lipinski definition) is 0. The fourth-order valence-corrected chi connectivity index (χ4v) is 4.54. The average molecular weight is 392 g/mol. The summed E-state index contributed by atoms with van der Waals surface area (Å²) in [6, 6.07) is 12.4. The molecule has 27 heavy (non-hydrogen) atoms. The highest BCUT2D eigenvalue weighted by Gasteiger charge is 2.29. The number of nitrogens with zero attached hydrogens (tertiary/aromatic N) is 2. The Hall–Kier alpha value is -2.45. The predicted octanol–water partition coefficient (Wildman–Crippen LogP) is 2.22. The summed E-state index contributed by atoms with van der Waals surface area (Å²) < 4.78 is 43.0. The summed E-state index contributed by atoms with van der Waals surface area (Å²) in [7, 11) is 1.05. The Morgan fingerprint density at radius 2 is 1.41 bits per heavy atom. The van der Waals surface area contributed by atoms with Gasteiger partial charge in [0.25, 0.3) is 0 Å². The SMILES string of the molecule is COc1ccc(N2CCN(S(=O)(=O)c3ccc(OC)c(OC)c3)CC2)cc1. The third-order valence-electron chi connectivity index (χ3n) is 4.67. The van der Waals surface area contributed by atoms with Crippen LogP contribution in [-0.4, -0.2) is 60.2 Å². The van der Waals surface area contributed by atoms with E-state index in [1.165, 1.54) is 24.6 Å². The third kappa shape index (κ3) is 3.96. The Bertz CT molecular complexity index is 875. The normalized spacial score (nSPS) is 15.4. The molecule has 8 heteroatoms. The summed E-state index contributed by atoms with van der Waals surface area (Å²) >= 11 is 0. The van der Waals surface area contributed by atoms with Gasteiger partial charge >= 0.3 is 0 Å². The Morgan fingerprint density at radius 1 is 0.778 bits per heavy atom. The van der Waals surface area contributed by atoms with E-state index in [0.717, 1.165) is 11.4 Å². The first-order valence-electron chi connectivity index (χ1n) is 8.61. The second kappa shape index (κ2) is 8.06. The first-order chi connectivity index (χ1) is 13.0. The molecule has 0 radical (unpaired) electrons. The molecule has 0 atom stereocenters. The number of benzene rings is 2. The fraction of sp³-hybridized carbons (Fsp3) is 0.368. The maximum absolute atomic E-state index is 13.0. The smallest absolute Gasteiger partial charge is 0.243 e. The van der Waals surface area contributed by atoms with Gasteiger partial charge in [-0.15, -0.1) is 0 Å². The average Bonchev–Trinajstić information content (AvgIpc) is 2.73. The summed E-state index contributed by atoms with van der Waals surface area (Å²) in [6.45, 7) is 2.09. The zero-order chi connectivity index (χ0) is 19.4. The quantitative estimate of drug-likeness (QED) is 0.751. The highest BCUT2D eigenvalue weighted by Crippen LogP contribution is 2.31. The molecule has 0 amide bonds. The summed E-state index contributed by atoms with van der Waals surface area (Å²) in [6.07, 6.45) is 0. The Morgan fingerprint density at radius 3 is 1.96 bits per heavy atom. The summed E-state index contributed by atoms with van der Waals surface area (Å²) in [5.74, 6) is 1.70. The molecule has 0 aliphatic carbocycles. The molecule has 7 nitrogen and oxygen atoms in total. The van der Waals surface area contributed by atoms with Crippen LogP contribution < -0.4 is 19.1 Å². The number of ether oxygens (including phenoxy) is 3. The van der Waals surface area contributed by atoms with Gasteiger partial charge in [-0.1, -0.05) is 0 Å². The lowest BCUT2D eigenvalue weighted by Gasteiger charge is -2.35. The van der Waals surface area contributed by atoms with Crippen molar-refractivity contribution >= 4 is 15.7 Å². The van der Waals surface area contributed by atoms with Crippen LogP contribution in [0.5, 0.6) is 17.2 Å². The van der Waals surface area contributed by atoms with Crippen LogP contribution in [0, 0.1) is 0 Å². The molecule has 0 bridgehead atoms. The van der Waals surface area contributed by atoms with E-state index in [0.29, 0.717) is 37.7 Å². The van der Waals surface area contributed by atoms with Crippen molar-refractivity contribution in [1.82, 2.24) is 4.31 Å². The summed E-state index contributed by atoms with van der Waals surface area (Å²) in [4.78, 5) is 2.37. The molecule has 1 aliphatic heterocycles. The molecular formula is C19H24N2O5S. The van der Waals surface area contributed by atoms with Crippen LogP contribution in [-0.2, 0) is 10.0 Å². The first kappa shape index (κ1) is 19.3. The maximum Gasteiger partial charge on any atom is 0.243 e. The van der Waals surface area contributed by atoms with Crippen molar-refractivity contribution in [1.29, 1.82) is 0 Å².